The Hall–Kier alpha value is -1.61. The first-order valence-electron chi connectivity index (χ1n) is 8.10. The van der Waals surface area contributed by atoms with Gasteiger partial charge in [-0.05, 0) is 66.5 Å². The summed E-state index contributed by atoms with van der Waals surface area (Å²) >= 11 is 3.59. The van der Waals surface area contributed by atoms with Crippen LogP contribution in [0.25, 0.3) is 0 Å². The van der Waals surface area contributed by atoms with Gasteiger partial charge < -0.3 is 4.74 Å². The highest BCUT2D eigenvalue weighted by molar-refractivity contribution is 9.10. The van der Waals surface area contributed by atoms with E-state index in [-0.39, 0.29) is 5.97 Å². The lowest BCUT2D eigenvalue weighted by molar-refractivity contribution is 0.0600. The van der Waals surface area contributed by atoms with Crippen molar-refractivity contribution in [1.29, 1.82) is 0 Å². The van der Waals surface area contributed by atoms with Crippen LogP contribution in [-0.4, -0.2) is 13.1 Å². The van der Waals surface area contributed by atoms with Crippen LogP contribution in [0.2, 0.25) is 0 Å². The van der Waals surface area contributed by atoms with E-state index in [0.717, 1.165) is 16.8 Å². The Labute approximate surface area is 146 Å². The van der Waals surface area contributed by atoms with Gasteiger partial charge in [-0.2, -0.15) is 0 Å². The molecule has 2 aromatic carbocycles. The van der Waals surface area contributed by atoms with Crippen molar-refractivity contribution in [3.8, 4) is 0 Å². The molecule has 1 saturated carbocycles. The summed E-state index contributed by atoms with van der Waals surface area (Å²) in [6, 6.07) is 16.5. The molecule has 0 aliphatic heterocycles. The zero-order valence-corrected chi connectivity index (χ0v) is 14.9. The Bertz CT molecular complexity index is 674. The first kappa shape index (κ1) is 16.3. The maximum atomic E-state index is 11.5. The minimum Gasteiger partial charge on any atom is -0.465 e. The first-order chi connectivity index (χ1) is 11.2. The number of rotatable bonds is 5. The summed E-state index contributed by atoms with van der Waals surface area (Å²) in [6.07, 6.45) is 4.99. The summed E-state index contributed by atoms with van der Waals surface area (Å²) < 4.78 is 5.90. The van der Waals surface area contributed by atoms with E-state index >= 15 is 0 Å². The van der Waals surface area contributed by atoms with Gasteiger partial charge in [0.2, 0.25) is 0 Å². The molecule has 1 atom stereocenters. The minimum atomic E-state index is -0.279. The number of methoxy groups -OCH3 is 1. The average molecular weight is 373 g/mol. The van der Waals surface area contributed by atoms with Crippen molar-refractivity contribution in [2.45, 2.75) is 31.6 Å². The zero-order chi connectivity index (χ0) is 16.2. The molecule has 0 saturated heterocycles. The van der Waals surface area contributed by atoms with Gasteiger partial charge in [-0.15, -0.1) is 0 Å². The highest BCUT2D eigenvalue weighted by Gasteiger charge is 2.28. The molecule has 0 radical (unpaired) electrons. The monoisotopic (exact) mass is 372 g/mol. The molecule has 2 aromatic rings. The third kappa shape index (κ3) is 3.84. The summed E-state index contributed by atoms with van der Waals surface area (Å²) in [6.45, 7) is 0. The smallest absolute Gasteiger partial charge is 0.337 e. The van der Waals surface area contributed by atoms with E-state index in [9.17, 15) is 4.79 Å². The number of hydrogen-bond acceptors (Lipinski definition) is 2. The van der Waals surface area contributed by atoms with Crippen molar-refractivity contribution in [3.63, 3.8) is 0 Å². The third-order valence-electron chi connectivity index (χ3n) is 4.83. The molecule has 3 rings (SSSR count). The molecule has 23 heavy (non-hydrogen) atoms. The van der Waals surface area contributed by atoms with Crippen molar-refractivity contribution >= 4 is 21.9 Å². The summed E-state index contributed by atoms with van der Waals surface area (Å²) in [5.41, 5.74) is 3.29. The summed E-state index contributed by atoms with van der Waals surface area (Å²) in [7, 11) is 1.41. The van der Waals surface area contributed by atoms with E-state index in [0.29, 0.717) is 11.5 Å². The van der Waals surface area contributed by atoms with Crippen molar-refractivity contribution in [3.05, 3.63) is 69.7 Å². The molecule has 3 heteroatoms. The van der Waals surface area contributed by atoms with E-state index in [1.165, 1.54) is 37.5 Å². The molecule has 0 spiro atoms. The normalized spacial score (nSPS) is 15.7. The second-order valence-electron chi connectivity index (χ2n) is 6.25. The molecule has 1 unspecified atom stereocenters. The molecular formula is C20H21BrO2. The summed E-state index contributed by atoms with van der Waals surface area (Å²) in [5.74, 6) is 1.04. The van der Waals surface area contributed by atoms with Crippen LogP contribution in [0.1, 0.15) is 46.7 Å². The van der Waals surface area contributed by atoms with Crippen molar-refractivity contribution in [1.82, 2.24) is 0 Å². The summed E-state index contributed by atoms with van der Waals surface area (Å²) in [4.78, 5) is 11.5. The number of ether oxygens (including phenoxy) is 1. The van der Waals surface area contributed by atoms with Crippen molar-refractivity contribution in [2.75, 3.05) is 7.11 Å². The van der Waals surface area contributed by atoms with Crippen LogP contribution in [0.15, 0.2) is 53.0 Å². The van der Waals surface area contributed by atoms with Crippen LogP contribution in [0.4, 0.5) is 0 Å². The highest BCUT2D eigenvalue weighted by Crippen LogP contribution is 2.41. The van der Waals surface area contributed by atoms with E-state index < -0.39 is 0 Å². The van der Waals surface area contributed by atoms with Gasteiger partial charge in [0.1, 0.15) is 0 Å². The molecule has 1 aliphatic carbocycles. The van der Waals surface area contributed by atoms with Gasteiger partial charge in [0.05, 0.1) is 12.7 Å². The first-order valence-corrected chi connectivity index (χ1v) is 8.89. The van der Waals surface area contributed by atoms with Gasteiger partial charge in [-0.3, -0.25) is 0 Å². The average Bonchev–Trinajstić information content (AvgIpc) is 2.52. The molecular weight excluding hydrogens is 352 g/mol. The van der Waals surface area contributed by atoms with E-state index in [1.54, 1.807) is 0 Å². The molecule has 1 aliphatic rings. The van der Waals surface area contributed by atoms with Gasteiger partial charge in [0.15, 0.2) is 0 Å². The maximum Gasteiger partial charge on any atom is 0.337 e. The molecule has 1 fully saturated rings. The Kier molecular flexibility index (Phi) is 5.16. The SMILES string of the molecule is COC(=O)c1ccc(CC(c2cccc(Br)c2)C2CCC2)cc1. The van der Waals surface area contributed by atoms with Crippen LogP contribution in [0.3, 0.4) is 0 Å². The lowest BCUT2D eigenvalue weighted by atomic mass is 9.71. The van der Waals surface area contributed by atoms with E-state index in [2.05, 4.69) is 52.3 Å². The Morgan fingerprint density at radius 3 is 2.52 bits per heavy atom. The maximum absolute atomic E-state index is 11.5. The fraction of sp³-hybridized carbons (Fsp3) is 0.350. The molecule has 0 heterocycles. The topological polar surface area (TPSA) is 26.3 Å². The van der Waals surface area contributed by atoms with Crippen LogP contribution in [0.5, 0.6) is 0 Å². The number of carbonyl (C=O) groups excluding carboxylic acids is 1. The van der Waals surface area contributed by atoms with Gasteiger partial charge >= 0.3 is 5.97 Å². The third-order valence-corrected chi connectivity index (χ3v) is 5.32. The number of benzene rings is 2. The molecule has 120 valence electrons. The molecule has 0 N–H and O–H groups in total. The van der Waals surface area contributed by atoms with Gasteiger partial charge in [0.25, 0.3) is 0 Å². The van der Waals surface area contributed by atoms with Crippen molar-refractivity contribution < 1.29 is 9.53 Å². The predicted octanol–water partition coefficient (Wildman–Crippen LogP) is 5.36. The lowest BCUT2D eigenvalue weighted by Gasteiger charge is -2.34. The van der Waals surface area contributed by atoms with Crippen molar-refractivity contribution in [2.24, 2.45) is 5.92 Å². The Balaban J connectivity index is 1.80. The van der Waals surface area contributed by atoms with Gasteiger partial charge in [-0.1, -0.05) is 46.6 Å². The number of esters is 1. The standard InChI is InChI=1S/C20H21BrO2/c1-23-20(22)16-10-8-14(9-11-16)12-19(15-4-2-5-15)17-6-3-7-18(21)13-17/h3,6-11,13,15,19H,2,4-5,12H2,1H3. The lowest BCUT2D eigenvalue weighted by Crippen LogP contribution is -2.22. The van der Waals surface area contributed by atoms with E-state index in [1.807, 2.05) is 12.1 Å². The van der Waals surface area contributed by atoms with Gasteiger partial charge in [-0.25, -0.2) is 4.79 Å². The fourth-order valence-electron chi connectivity index (χ4n) is 3.28. The quantitative estimate of drug-likeness (QED) is 0.660. The van der Waals surface area contributed by atoms with Crippen LogP contribution in [-0.2, 0) is 11.2 Å². The molecule has 0 bridgehead atoms. The van der Waals surface area contributed by atoms with Crippen LogP contribution in [0, 0.1) is 5.92 Å². The summed E-state index contributed by atoms with van der Waals surface area (Å²) in [5, 5.41) is 0. The van der Waals surface area contributed by atoms with Crippen LogP contribution < -0.4 is 0 Å². The minimum absolute atomic E-state index is 0.279. The highest BCUT2D eigenvalue weighted by atomic mass is 79.9. The molecule has 2 nitrogen and oxygen atoms in total. The zero-order valence-electron chi connectivity index (χ0n) is 13.3. The predicted molar refractivity (Wildman–Crippen MR) is 95.7 cm³/mol. The molecule has 0 amide bonds. The number of carbonyl (C=O) groups is 1. The Morgan fingerprint density at radius 1 is 1.22 bits per heavy atom. The van der Waals surface area contributed by atoms with Crippen LogP contribution >= 0.6 is 15.9 Å². The second kappa shape index (κ2) is 7.31. The van der Waals surface area contributed by atoms with Gasteiger partial charge in [0, 0.05) is 4.47 Å². The molecule has 0 aromatic heterocycles. The Morgan fingerprint density at radius 2 is 1.96 bits per heavy atom. The van der Waals surface area contributed by atoms with E-state index in [4.69, 9.17) is 4.74 Å². The number of halogens is 1. The fourth-order valence-corrected chi connectivity index (χ4v) is 3.70. The second-order valence-corrected chi connectivity index (χ2v) is 7.16. The number of hydrogen-bond donors (Lipinski definition) is 0. The largest absolute Gasteiger partial charge is 0.465 e.